The zero-order valence-corrected chi connectivity index (χ0v) is 13.8. The number of benzene rings is 2. The average molecular weight is 339 g/mol. The van der Waals surface area contributed by atoms with Crippen molar-refractivity contribution in [2.45, 2.75) is 31.4 Å². The van der Waals surface area contributed by atoms with Crippen molar-refractivity contribution in [2.24, 2.45) is 0 Å². The fourth-order valence-electron chi connectivity index (χ4n) is 2.69. The minimum atomic E-state index is -4.33. The molecule has 0 aliphatic carbocycles. The van der Waals surface area contributed by atoms with Crippen molar-refractivity contribution in [1.82, 2.24) is 0 Å². The van der Waals surface area contributed by atoms with Gasteiger partial charge in [0.05, 0.1) is 5.92 Å². The van der Waals surface area contributed by atoms with Gasteiger partial charge in [-0.3, -0.25) is 0 Å². The van der Waals surface area contributed by atoms with E-state index in [1.807, 2.05) is 43.3 Å². The molecule has 0 heterocycles. The topological polar surface area (TPSA) is 3.24 Å². The first-order valence-electron chi connectivity index (χ1n) is 7.86. The Labute approximate surface area is 139 Å². The van der Waals surface area contributed by atoms with E-state index < -0.39 is 17.9 Å². The molecule has 1 nitrogen and oxygen atoms in total. The number of halogens is 4. The molecule has 0 fully saturated rings. The van der Waals surface area contributed by atoms with E-state index in [4.69, 9.17) is 0 Å². The number of hydrogen-bond acceptors (Lipinski definition) is 1. The average Bonchev–Trinajstić information content (AvgIpc) is 2.52. The maximum absolute atomic E-state index is 13.3. The van der Waals surface area contributed by atoms with Gasteiger partial charge in [0.2, 0.25) is 0 Å². The van der Waals surface area contributed by atoms with Crippen LogP contribution < -0.4 is 4.90 Å². The Morgan fingerprint density at radius 2 is 1.50 bits per heavy atom. The third kappa shape index (κ3) is 4.98. The molecule has 0 amide bonds. The minimum absolute atomic E-state index is 0.00936. The lowest BCUT2D eigenvalue weighted by Gasteiger charge is -2.21. The molecule has 2 aromatic rings. The summed E-state index contributed by atoms with van der Waals surface area (Å²) in [4.78, 5) is 1.97. The lowest BCUT2D eigenvalue weighted by atomic mass is 9.92. The van der Waals surface area contributed by atoms with Crippen LogP contribution in [0.25, 0.3) is 0 Å². The molecular formula is C19H21F4N. The lowest BCUT2D eigenvalue weighted by molar-refractivity contribution is -0.152. The molecule has 0 bridgehead atoms. The molecular weight excluding hydrogens is 318 g/mol. The predicted molar refractivity (Wildman–Crippen MR) is 88.9 cm³/mol. The molecule has 1 unspecified atom stereocenters. The number of anilines is 1. The SMILES string of the molecule is CN(C)c1ccc(CCCC(c2ccc(F)cc2)C(F)(F)F)cc1. The van der Waals surface area contributed by atoms with Crippen LogP contribution in [0.4, 0.5) is 23.2 Å². The van der Waals surface area contributed by atoms with Gasteiger partial charge in [-0.25, -0.2) is 4.39 Å². The maximum atomic E-state index is 13.3. The third-order valence-electron chi connectivity index (χ3n) is 4.08. The van der Waals surface area contributed by atoms with Gasteiger partial charge in [0.1, 0.15) is 5.82 Å². The van der Waals surface area contributed by atoms with E-state index in [2.05, 4.69) is 0 Å². The van der Waals surface area contributed by atoms with Gasteiger partial charge < -0.3 is 4.90 Å². The number of rotatable bonds is 6. The van der Waals surface area contributed by atoms with Gasteiger partial charge in [-0.1, -0.05) is 24.3 Å². The molecule has 130 valence electrons. The van der Waals surface area contributed by atoms with Crippen LogP contribution in [0.3, 0.4) is 0 Å². The second-order valence-electron chi connectivity index (χ2n) is 6.10. The Kier molecular flexibility index (Phi) is 5.86. The van der Waals surface area contributed by atoms with Gasteiger partial charge in [0.25, 0.3) is 0 Å². The summed E-state index contributed by atoms with van der Waals surface area (Å²) in [7, 11) is 3.87. The predicted octanol–water partition coefficient (Wildman–Crippen LogP) is 5.56. The fraction of sp³-hybridized carbons (Fsp3) is 0.368. The van der Waals surface area contributed by atoms with Crippen LogP contribution in [0.1, 0.15) is 29.9 Å². The number of alkyl halides is 3. The van der Waals surface area contributed by atoms with Crippen molar-refractivity contribution in [1.29, 1.82) is 0 Å². The Balaban J connectivity index is 1.99. The van der Waals surface area contributed by atoms with Crippen LogP contribution in [0.2, 0.25) is 0 Å². The Morgan fingerprint density at radius 3 is 2.00 bits per heavy atom. The second-order valence-corrected chi connectivity index (χ2v) is 6.10. The quantitative estimate of drug-likeness (QED) is 0.623. The summed E-state index contributed by atoms with van der Waals surface area (Å²) < 4.78 is 52.7. The largest absolute Gasteiger partial charge is 0.395 e. The van der Waals surface area contributed by atoms with Crippen molar-refractivity contribution >= 4 is 5.69 Å². The van der Waals surface area contributed by atoms with Crippen LogP contribution in [0.5, 0.6) is 0 Å². The molecule has 0 aliphatic rings. The highest BCUT2D eigenvalue weighted by atomic mass is 19.4. The highest BCUT2D eigenvalue weighted by molar-refractivity contribution is 5.46. The van der Waals surface area contributed by atoms with Crippen molar-refractivity contribution in [2.75, 3.05) is 19.0 Å². The van der Waals surface area contributed by atoms with Crippen LogP contribution in [-0.2, 0) is 6.42 Å². The molecule has 24 heavy (non-hydrogen) atoms. The molecule has 0 N–H and O–H groups in total. The summed E-state index contributed by atoms with van der Waals surface area (Å²) in [5.74, 6) is -2.08. The zero-order chi connectivity index (χ0) is 17.7. The summed E-state index contributed by atoms with van der Waals surface area (Å²) in [5.41, 5.74) is 2.19. The van der Waals surface area contributed by atoms with Crippen molar-refractivity contribution in [3.8, 4) is 0 Å². The standard InChI is InChI=1S/C19H21F4N/c1-24(2)17-12-6-14(7-13-17)4-3-5-18(19(21,22)23)15-8-10-16(20)11-9-15/h6-13,18H,3-5H2,1-2H3. The smallest absolute Gasteiger partial charge is 0.378 e. The van der Waals surface area contributed by atoms with Crippen LogP contribution in [0.15, 0.2) is 48.5 Å². The first-order valence-corrected chi connectivity index (χ1v) is 7.86. The summed E-state index contributed by atoms with van der Waals surface area (Å²) >= 11 is 0. The van der Waals surface area contributed by atoms with Gasteiger partial charge in [-0.15, -0.1) is 0 Å². The minimum Gasteiger partial charge on any atom is -0.378 e. The van der Waals surface area contributed by atoms with E-state index in [-0.39, 0.29) is 12.0 Å². The molecule has 1 atom stereocenters. The summed E-state index contributed by atoms with van der Waals surface area (Å²) in [5, 5.41) is 0. The maximum Gasteiger partial charge on any atom is 0.395 e. The van der Waals surface area contributed by atoms with E-state index >= 15 is 0 Å². The Hall–Kier alpha value is -2.04. The van der Waals surface area contributed by atoms with E-state index in [1.165, 1.54) is 12.1 Å². The van der Waals surface area contributed by atoms with Crippen molar-refractivity contribution in [3.05, 3.63) is 65.5 Å². The van der Waals surface area contributed by atoms with E-state index in [1.54, 1.807) is 0 Å². The zero-order valence-electron chi connectivity index (χ0n) is 13.8. The Bertz CT molecular complexity index is 630. The molecule has 0 radical (unpaired) electrons. The monoisotopic (exact) mass is 339 g/mol. The number of aryl methyl sites for hydroxylation is 1. The van der Waals surface area contributed by atoms with Gasteiger partial charge in [0.15, 0.2) is 0 Å². The van der Waals surface area contributed by atoms with Crippen LogP contribution in [-0.4, -0.2) is 20.3 Å². The van der Waals surface area contributed by atoms with Gasteiger partial charge >= 0.3 is 6.18 Å². The normalized spacial score (nSPS) is 12.9. The molecule has 0 aromatic heterocycles. The first-order chi connectivity index (χ1) is 11.3. The van der Waals surface area contributed by atoms with Gasteiger partial charge in [0, 0.05) is 19.8 Å². The van der Waals surface area contributed by atoms with Crippen molar-refractivity contribution < 1.29 is 17.6 Å². The Morgan fingerprint density at radius 1 is 0.917 bits per heavy atom. The van der Waals surface area contributed by atoms with Gasteiger partial charge in [-0.05, 0) is 54.7 Å². The highest BCUT2D eigenvalue weighted by Crippen LogP contribution is 2.38. The van der Waals surface area contributed by atoms with Gasteiger partial charge in [-0.2, -0.15) is 13.2 Å². The second kappa shape index (κ2) is 7.69. The van der Waals surface area contributed by atoms with E-state index in [0.717, 1.165) is 23.4 Å². The molecule has 0 saturated heterocycles. The third-order valence-corrected chi connectivity index (χ3v) is 4.08. The van der Waals surface area contributed by atoms with Crippen LogP contribution in [0, 0.1) is 5.82 Å². The number of nitrogens with zero attached hydrogens (tertiary/aromatic N) is 1. The van der Waals surface area contributed by atoms with E-state index in [0.29, 0.717) is 12.8 Å². The van der Waals surface area contributed by atoms with E-state index in [9.17, 15) is 17.6 Å². The fourth-order valence-corrected chi connectivity index (χ4v) is 2.69. The highest BCUT2D eigenvalue weighted by Gasteiger charge is 2.39. The molecule has 5 heteroatoms. The summed E-state index contributed by atoms with van der Waals surface area (Å²) in [6, 6.07) is 12.4. The first kappa shape index (κ1) is 18.3. The molecule has 2 aromatic carbocycles. The molecule has 0 saturated carbocycles. The lowest BCUT2D eigenvalue weighted by Crippen LogP contribution is -2.21. The number of hydrogen-bond donors (Lipinski definition) is 0. The molecule has 0 spiro atoms. The summed E-state index contributed by atoms with van der Waals surface area (Å²) in [6.07, 6.45) is -3.33. The molecule has 0 aliphatic heterocycles. The molecule has 2 rings (SSSR count). The summed E-state index contributed by atoms with van der Waals surface area (Å²) in [6.45, 7) is 0. The van der Waals surface area contributed by atoms with Crippen molar-refractivity contribution in [3.63, 3.8) is 0 Å². The van der Waals surface area contributed by atoms with Crippen LogP contribution >= 0.6 is 0 Å².